The molecule has 0 bridgehead atoms. The van der Waals surface area contributed by atoms with Crippen LogP contribution in [-0.2, 0) is 6.54 Å². The first-order valence-electron chi connectivity index (χ1n) is 5.53. The van der Waals surface area contributed by atoms with Crippen LogP contribution in [0.5, 0.6) is 0 Å². The van der Waals surface area contributed by atoms with E-state index in [0.717, 1.165) is 21.9 Å². The molecule has 0 spiro atoms. The van der Waals surface area contributed by atoms with Crippen molar-refractivity contribution in [1.29, 1.82) is 0 Å². The zero-order valence-corrected chi connectivity index (χ0v) is 11.9. The molecule has 0 radical (unpaired) electrons. The predicted molar refractivity (Wildman–Crippen MR) is 76.6 cm³/mol. The molecule has 0 aromatic carbocycles. The summed E-state index contributed by atoms with van der Waals surface area (Å²) < 4.78 is 1.87. The number of hydrazine groups is 2. The predicted octanol–water partition coefficient (Wildman–Crippen LogP) is 2.03. The van der Waals surface area contributed by atoms with Crippen LogP contribution in [0.1, 0.15) is 4.88 Å². The van der Waals surface area contributed by atoms with Crippen molar-refractivity contribution in [3.05, 3.63) is 27.9 Å². The van der Waals surface area contributed by atoms with Crippen LogP contribution >= 0.6 is 27.3 Å². The molecule has 7 nitrogen and oxygen atoms in total. The highest BCUT2D eigenvalue weighted by Crippen LogP contribution is 2.30. The number of H-pyrrole nitrogens is 1. The van der Waals surface area contributed by atoms with Crippen molar-refractivity contribution in [3.63, 3.8) is 0 Å². The number of nitrogens with zero attached hydrogens (tertiary/aromatic N) is 4. The smallest absolute Gasteiger partial charge is 0.190 e. The van der Waals surface area contributed by atoms with Crippen molar-refractivity contribution in [3.8, 4) is 0 Å². The normalized spacial score (nSPS) is 13.8. The maximum atomic E-state index is 4.41. The molecule has 0 fully saturated rings. The van der Waals surface area contributed by atoms with Crippen molar-refractivity contribution >= 4 is 49.1 Å². The van der Waals surface area contributed by atoms with Gasteiger partial charge in [0.15, 0.2) is 11.6 Å². The zero-order valence-electron chi connectivity index (χ0n) is 9.51. The number of nitrogens with one attached hydrogen (secondary N) is 3. The number of thiophene rings is 1. The molecule has 9 heteroatoms. The van der Waals surface area contributed by atoms with Gasteiger partial charge in [-0.3, -0.25) is 15.5 Å². The van der Waals surface area contributed by atoms with Gasteiger partial charge < -0.3 is 0 Å². The lowest BCUT2D eigenvalue weighted by molar-refractivity contribution is 0.722. The summed E-state index contributed by atoms with van der Waals surface area (Å²) in [6.07, 6.45) is 3.50. The minimum absolute atomic E-state index is 0.707. The van der Waals surface area contributed by atoms with Crippen molar-refractivity contribution < 1.29 is 0 Å². The van der Waals surface area contributed by atoms with Gasteiger partial charge in [0, 0.05) is 4.88 Å². The number of halogens is 1. The molecule has 0 aliphatic carbocycles. The van der Waals surface area contributed by atoms with Crippen LogP contribution in [-0.4, -0.2) is 20.2 Å². The van der Waals surface area contributed by atoms with E-state index in [1.54, 1.807) is 17.5 Å². The summed E-state index contributed by atoms with van der Waals surface area (Å²) in [7, 11) is 0. The van der Waals surface area contributed by atoms with E-state index in [1.807, 2.05) is 11.2 Å². The fourth-order valence-corrected chi connectivity index (χ4v) is 3.20. The number of hydrogen-bond acceptors (Lipinski definition) is 7. The van der Waals surface area contributed by atoms with Gasteiger partial charge in [0.05, 0.1) is 29.2 Å². The van der Waals surface area contributed by atoms with Crippen LogP contribution in [0.2, 0.25) is 0 Å². The molecule has 4 heterocycles. The lowest BCUT2D eigenvalue weighted by Crippen LogP contribution is -2.35. The van der Waals surface area contributed by atoms with Crippen molar-refractivity contribution in [1.82, 2.24) is 25.7 Å². The quantitative estimate of drug-likeness (QED) is 0.663. The first-order chi connectivity index (χ1) is 9.29. The molecule has 4 rings (SSSR count). The number of rotatable bonds is 2. The second-order valence-electron chi connectivity index (χ2n) is 4.05. The first kappa shape index (κ1) is 11.1. The molecule has 3 aromatic heterocycles. The van der Waals surface area contributed by atoms with Gasteiger partial charge in [-0.05, 0) is 22.0 Å². The molecule has 0 saturated carbocycles. The summed E-state index contributed by atoms with van der Waals surface area (Å²) in [6.45, 7) is 0.707. The van der Waals surface area contributed by atoms with Gasteiger partial charge in [-0.1, -0.05) is 0 Å². The highest BCUT2D eigenvalue weighted by molar-refractivity contribution is 9.10. The average molecular weight is 338 g/mol. The Morgan fingerprint density at radius 3 is 3.21 bits per heavy atom. The Balaban J connectivity index is 1.65. The number of fused-ring (bicyclic) bond motifs is 2. The average Bonchev–Trinajstić information content (AvgIpc) is 3.04. The van der Waals surface area contributed by atoms with E-state index in [9.17, 15) is 0 Å². The minimum Gasteiger partial charge on any atom is -0.285 e. The van der Waals surface area contributed by atoms with Crippen LogP contribution in [0.3, 0.4) is 0 Å². The molecular formula is C10H8BrN7S. The fraction of sp³-hybridized carbons (Fsp3) is 0.100. The Morgan fingerprint density at radius 1 is 1.37 bits per heavy atom. The summed E-state index contributed by atoms with van der Waals surface area (Å²) in [5.41, 5.74) is 7.11. The summed E-state index contributed by atoms with van der Waals surface area (Å²) in [5.74, 6) is 1.51. The lowest BCUT2D eigenvalue weighted by atomic mass is 10.4. The zero-order chi connectivity index (χ0) is 12.8. The molecule has 96 valence electrons. The van der Waals surface area contributed by atoms with E-state index in [2.05, 4.69) is 53.1 Å². The third-order valence-corrected chi connectivity index (χ3v) is 4.22. The summed E-state index contributed by atoms with van der Waals surface area (Å²) in [6, 6.07) is 2.10. The van der Waals surface area contributed by atoms with Gasteiger partial charge in [-0.15, -0.1) is 16.9 Å². The van der Waals surface area contributed by atoms with Crippen LogP contribution in [0, 0.1) is 0 Å². The van der Waals surface area contributed by atoms with E-state index in [0.29, 0.717) is 11.1 Å². The second kappa shape index (κ2) is 4.15. The van der Waals surface area contributed by atoms with Crippen LogP contribution < -0.4 is 16.0 Å². The molecule has 1 aliphatic rings. The molecule has 19 heavy (non-hydrogen) atoms. The van der Waals surface area contributed by atoms with Gasteiger partial charge in [0.1, 0.15) is 4.60 Å². The Labute approximate surface area is 120 Å². The number of aromatic amines is 1. The topological polar surface area (TPSA) is 81.8 Å². The van der Waals surface area contributed by atoms with Crippen LogP contribution in [0.15, 0.2) is 23.1 Å². The molecular weight excluding hydrogens is 330 g/mol. The van der Waals surface area contributed by atoms with E-state index < -0.39 is 0 Å². The van der Waals surface area contributed by atoms with Crippen molar-refractivity contribution in [2.45, 2.75) is 6.54 Å². The highest BCUT2D eigenvalue weighted by Gasteiger charge is 2.22. The van der Waals surface area contributed by atoms with Gasteiger partial charge in [-0.25, -0.2) is 9.97 Å². The minimum atomic E-state index is 0.707. The van der Waals surface area contributed by atoms with Crippen LogP contribution in [0.25, 0.3) is 10.2 Å². The first-order valence-corrected chi connectivity index (χ1v) is 7.14. The molecule has 0 amide bonds. The van der Waals surface area contributed by atoms with Gasteiger partial charge in [0.2, 0.25) is 0 Å². The number of aromatic nitrogens is 4. The SMILES string of the molecule is Brc1cnc2c(n1)N(Cc1cc3[nH]ncc3s1)NN2. The van der Waals surface area contributed by atoms with Crippen molar-refractivity contribution in [2.75, 3.05) is 10.4 Å². The fourth-order valence-electron chi connectivity index (χ4n) is 1.96. The maximum absolute atomic E-state index is 4.41. The van der Waals surface area contributed by atoms with Crippen LogP contribution in [0.4, 0.5) is 11.6 Å². The Morgan fingerprint density at radius 2 is 2.32 bits per heavy atom. The number of anilines is 2. The largest absolute Gasteiger partial charge is 0.285 e. The van der Waals surface area contributed by atoms with E-state index >= 15 is 0 Å². The molecule has 3 N–H and O–H groups in total. The molecule has 0 saturated heterocycles. The molecule has 0 unspecified atom stereocenters. The summed E-state index contributed by atoms with van der Waals surface area (Å²) in [5, 5.41) is 8.88. The Kier molecular flexibility index (Phi) is 2.43. The Bertz CT molecular complexity index is 723. The Hall–Kier alpha value is -1.71. The lowest BCUT2D eigenvalue weighted by Gasteiger charge is -2.15. The monoisotopic (exact) mass is 337 g/mol. The number of hydrogen-bond donors (Lipinski definition) is 3. The maximum Gasteiger partial charge on any atom is 0.190 e. The van der Waals surface area contributed by atoms with Gasteiger partial charge in [0.25, 0.3) is 0 Å². The van der Waals surface area contributed by atoms with Gasteiger partial charge in [-0.2, -0.15) is 5.10 Å². The van der Waals surface area contributed by atoms with Crippen molar-refractivity contribution in [2.24, 2.45) is 0 Å². The summed E-state index contributed by atoms with van der Waals surface area (Å²) >= 11 is 5.04. The highest BCUT2D eigenvalue weighted by atomic mass is 79.9. The molecule has 0 atom stereocenters. The van der Waals surface area contributed by atoms with E-state index in [4.69, 9.17) is 0 Å². The molecule has 3 aromatic rings. The standard InChI is InChI=1S/C10H8BrN7S/c11-8-3-12-9-10(14-8)18(17-16-9)4-5-1-6-7(19-5)2-13-15-6/h1-3,17H,4H2,(H,12,16)(H,13,15). The summed E-state index contributed by atoms with van der Waals surface area (Å²) in [4.78, 5) is 9.87. The third-order valence-electron chi connectivity index (χ3n) is 2.78. The van der Waals surface area contributed by atoms with Gasteiger partial charge >= 0.3 is 0 Å². The molecule has 1 aliphatic heterocycles. The third kappa shape index (κ3) is 1.86. The van der Waals surface area contributed by atoms with E-state index in [-0.39, 0.29) is 0 Å². The second-order valence-corrected chi connectivity index (χ2v) is 6.03. The van der Waals surface area contributed by atoms with E-state index in [1.165, 1.54) is 4.88 Å².